The fourth-order valence-electron chi connectivity index (χ4n) is 3.85. The summed E-state index contributed by atoms with van der Waals surface area (Å²) in [7, 11) is 0. The van der Waals surface area contributed by atoms with E-state index < -0.39 is 0 Å². The van der Waals surface area contributed by atoms with Crippen molar-refractivity contribution in [2.75, 3.05) is 31.3 Å². The first-order valence-corrected chi connectivity index (χ1v) is 9.90. The number of carbonyl (C=O) groups is 2. The third-order valence-electron chi connectivity index (χ3n) is 5.45. The minimum absolute atomic E-state index is 0.0347. The van der Waals surface area contributed by atoms with Crippen molar-refractivity contribution in [1.82, 2.24) is 5.32 Å². The first-order valence-electron chi connectivity index (χ1n) is 9.90. The number of para-hydroxylation sites is 2. The van der Waals surface area contributed by atoms with Gasteiger partial charge in [0.05, 0.1) is 11.7 Å². The normalized spacial score (nSPS) is 18.5. The summed E-state index contributed by atoms with van der Waals surface area (Å²) in [5, 5.41) is 3.13. The van der Waals surface area contributed by atoms with Crippen molar-refractivity contribution in [1.29, 1.82) is 0 Å². The molecule has 1 fully saturated rings. The Hall–Kier alpha value is -3.22. The molecule has 2 aliphatic heterocycles. The Morgan fingerprint density at radius 2 is 1.83 bits per heavy atom. The van der Waals surface area contributed by atoms with E-state index in [0.717, 1.165) is 24.2 Å². The van der Waals surface area contributed by atoms with Crippen LogP contribution in [0.3, 0.4) is 0 Å². The van der Waals surface area contributed by atoms with E-state index in [9.17, 15) is 9.59 Å². The van der Waals surface area contributed by atoms with Gasteiger partial charge in [0.1, 0.15) is 25.5 Å². The van der Waals surface area contributed by atoms with Gasteiger partial charge in [-0.25, -0.2) is 0 Å². The minimum Gasteiger partial charge on any atom is -0.486 e. The molecule has 0 saturated heterocycles. The van der Waals surface area contributed by atoms with E-state index in [-0.39, 0.29) is 31.0 Å². The zero-order valence-corrected chi connectivity index (χ0v) is 15.9. The van der Waals surface area contributed by atoms with Gasteiger partial charge in [-0.05, 0) is 48.6 Å². The third-order valence-corrected chi connectivity index (χ3v) is 5.45. The van der Waals surface area contributed by atoms with Gasteiger partial charge in [0, 0.05) is 0 Å². The lowest BCUT2D eigenvalue weighted by Gasteiger charge is -2.29. The van der Waals surface area contributed by atoms with Crippen molar-refractivity contribution in [3.63, 3.8) is 0 Å². The predicted molar refractivity (Wildman–Crippen MR) is 105 cm³/mol. The molecule has 1 N–H and O–H groups in total. The van der Waals surface area contributed by atoms with Crippen LogP contribution in [0.2, 0.25) is 0 Å². The summed E-state index contributed by atoms with van der Waals surface area (Å²) in [6.07, 6.45) is 2.14. The smallest absolute Gasteiger partial charge is 0.265 e. The fourth-order valence-corrected chi connectivity index (χ4v) is 3.85. The van der Waals surface area contributed by atoms with Crippen molar-refractivity contribution >= 4 is 17.5 Å². The zero-order chi connectivity index (χ0) is 19.8. The number of carbonyl (C=O) groups excluding carboxylic acids is 2. The minimum atomic E-state index is -0.221. The van der Waals surface area contributed by atoms with Crippen LogP contribution < -0.4 is 24.4 Å². The van der Waals surface area contributed by atoms with E-state index in [0.29, 0.717) is 36.3 Å². The summed E-state index contributed by atoms with van der Waals surface area (Å²) < 4.78 is 16.7. The second kappa shape index (κ2) is 7.31. The van der Waals surface area contributed by atoms with E-state index in [2.05, 4.69) is 5.32 Å². The van der Waals surface area contributed by atoms with E-state index in [1.54, 1.807) is 12.1 Å². The zero-order valence-electron chi connectivity index (χ0n) is 15.9. The van der Waals surface area contributed by atoms with Crippen LogP contribution in [0.4, 0.5) is 5.69 Å². The lowest BCUT2D eigenvalue weighted by atomic mass is 10.0. The van der Waals surface area contributed by atoms with Gasteiger partial charge in [-0.2, -0.15) is 0 Å². The van der Waals surface area contributed by atoms with Crippen LogP contribution in [0.15, 0.2) is 42.5 Å². The molecule has 150 valence electrons. The molecule has 2 heterocycles. The highest BCUT2D eigenvalue weighted by Gasteiger charge is 2.35. The van der Waals surface area contributed by atoms with E-state index in [4.69, 9.17) is 14.2 Å². The standard InChI is InChI=1S/C22H22N2O5/c25-20(12-24-16-3-1-2-4-17(16)29-13-21(24)26)23-22(14-5-6-14)15-7-8-18-19(11-15)28-10-9-27-18/h1-4,7-8,11,14,22H,5-6,9-10,12-13H2,(H,23,25). The van der Waals surface area contributed by atoms with Crippen molar-refractivity contribution in [2.24, 2.45) is 5.92 Å². The summed E-state index contributed by atoms with van der Waals surface area (Å²) in [6.45, 7) is 0.977. The average Bonchev–Trinajstić information content (AvgIpc) is 3.59. The van der Waals surface area contributed by atoms with Gasteiger partial charge >= 0.3 is 0 Å². The molecule has 0 aromatic heterocycles. The van der Waals surface area contributed by atoms with E-state index >= 15 is 0 Å². The summed E-state index contributed by atoms with van der Waals surface area (Å²) in [5.41, 5.74) is 1.63. The number of nitrogens with zero attached hydrogens (tertiary/aromatic N) is 1. The molecule has 1 unspecified atom stereocenters. The van der Waals surface area contributed by atoms with Crippen LogP contribution in [0.25, 0.3) is 0 Å². The molecular formula is C22H22N2O5. The number of hydrogen-bond donors (Lipinski definition) is 1. The molecule has 29 heavy (non-hydrogen) atoms. The van der Waals surface area contributed by atoms with Crippen molar-refractivity contribution < 1.29 is 23.8 Å². The van der Waals surface area contributed by atoms with Gasteiger partial charge in [0.15, 0.2) is 18.1 Å². The molecule has 5 rings (SSSR count). The van der Waals surface area contributed by atoms with Crippen LogP contribution in [0.5, 0.6) is 17.2 Å². The molecule has 0 bridgehead atoms. The number of ether oxygens (including phenoxy) is 3. The van der Waals surface area contributed by atoms with Crippen LogP contribution in [0, 0.1) is 5.92 Å². The second-order valence-corrected chi connectivity index (χ2v) is 7.52. The third kappa shape index (κ3) is 3.60. The lowest BCUT2D eigenvalue weighted by Crippen LogP contribution is -2.46. The summed E-state index contributed by atoms with van der Waals surface area (Å²) >= 11 is 0. The van der Waals surface area contributed by atoms with Gasteiger partial charge in [-0.3, -0.25) is 14.5 Å². The summed E-state index contributed by atoms with van der Waals surface area (Å²) in [4.78, 5) is 26.7. The number of anilines is 1. The average molecular weight is 394 g/mol. The largest absolute Gasteiger partial charge is 0.486 e. The summed E-state index contributed by atoms with van der Waals surface area (Å²) in [5.74, 6) is 2.05. The predicted octanol–water partition coefficient (Wildman–Crippen LogP) is 2.45. The second-order valence-electron chi connectivity index (χ2n) is 7.52. The molecule has 7 nitrogen and oxygen atoms in total. The quantitative estimate of drug-likeness (QED) is 0.843. The monoisotopic (exact) mass is 394 g/mol. The number of benzene rings is 2. The maximum absolute atomic E-state index is 12.9. The SMILES string of the molecule is O=C(CN1C(=O)COc2ccccc21)NC(c1ccc2c(c1)OCCO2)C1CC1. The lowest BCUT2D eigenvalue weighted by molar-refractivity contribution is -0.125. The molecule has 2 amide bonds. The number of fused-ring (bicyclic) bond motifs is 2. The van der Waals surface area contributed by atoms with Crippen molar-refractivity contribution in [3.8, 4) is 17.2 Å². The molecule has 3 aliphatic rings. The Morgan fingerprint density at radius 3 is 2.66 bits per heavy atom. The Kier molecular flexibility index (Phi) is 4.50. The maximum Gasteiger partial charge on any atom is 0.265 e. The molecule has 2 aromatic carbocycles. The molecule has 0 radical (unpaired) electrons. The van der Waals surface area contributed by atoms with Crippen LogP contribution >= 0.6 is 0 Å². The first-order chi connectivity index (χ1) is 14.2. The highest BCUT2D eigenvalue weighted by atomic mass is 16.6. The number of amides is 2. The molecule has 1 saturated carbocycles. The van der Waals surface area contributed by atoms with Gasteiger partial charge in [0.2, 0.25) is 5.91 Å². The first kappa shape index (κ1) is 17.8. The highest BCUT2D eigenvalue weighted by Crippen LogP contribution is 2.43. The maximum atomic E-state index is 12.9. The topological polar surface area (TPSA) is 77.1 Å². The van der Waals surface area contributed by atoms with Crippen molar-refractivity contribution in [2.45, 2.75) is 18.9 Å². The Bertz CT molecular complexity index is 956. The molecule has 7 heteroatoms. The Labute approximate surface area is 168 Å². The molecular weight excluding hydrogens is 372 g/mol. The molecule has 2 aromatic rings. The fraction of sp³-hybridized carbons (Fsp3) is 0.364. The Balaban J connectivity index is 1.33. The number of rotatable bonds is 5. The van der Waals surface area contributed by atoms with Crippen LogP contribution in [-0.4, -0.2) is 38.2 Å². The summed E-state index contributed by atoms with van der Waals surface area (Å²) in [6, 6.07) is 13.0. The molecule has 1 atom stereocenters. The molecule has 0 spiro atoms. The van der Waals surface area contributed by atoms with Gasteiger partial charge in [-0.1, -0.05) is 18.2 Å². The van der Waals surface area contributed by atoms with Crippen LogP contribution in [-0.2, 0) is 9.59 Å². The number of nitrogens with one attached hydrogen (secondary N) is 1. The van der Waals surface area contributed by atoms with Crippen LogP contribution in [0.1, 0.15) is 24.4 Å². The van der Waals surface area contributed by atoms with Gasteiger partial charge < -0.3 is 19.5 Å². The molecule has 1 aliphatic carbocycles. The van der Waals surface area contributed by atoms with E-state index in [1.165, 1.54) is 4.90 Å². The van der Waals surface area contributed by atoms with Gasteiger partial charge in [-0.15, -0.1) is 0 Å². The van der Waals surface area contributed by atoms with E-state index in [1.807, 2.05) is 30.3 Å². The highest BCUT2D eigenvalue weighted by molar-refractivity contribution is 6.02. The Morgan fingerprint density at radius 1 is 1.03 bits per heavy atom. The van der Waals surface area contributed by atoms with Crippen molar-refractivity contribution in [3.05, 3.63) is 48.0 Å². The number of hydrogen-bond acceptors (Lipinski definition) is 5. The van der Waals surface area contributed by atoms with Gasteiger partial charge in [0.25, 0.3) is 5.91 Å².